The number of nitrogens with two attached hydrogens (primary N) is 2. The molecule has 6 N–H and O–H groups in total. The lowest BCUT2D eigenvalue weighted by Crippen LogP contribution is -2.20. The number of halogens is 3. The number of carbonyl (C=O) groups is 2. The first-order valence-corrected chi connectivity index (χ1v) is 19.3. The number of hydrogen-bond donors (Lipinski definition) is 4. The van der Waals surface area contributed by atoms with Crippen molar-refractivity contribution in [3.8, 4) is 58.5 Å². The Morgan fingerprint density at radius 3 is 1.74 bits per heavy atom. The summed E-state index contributed by atoms with van der Waals surface area (Å²) in [5, 5.41) is 20.3. The summed E-state index contributed by atoms with van der Waals surface area (Å²) in [6.07, 6.45) is 11.5. The summed E-state index contributed by atoms with van der Waals surface area (Å²) in [6.45, 7) is 8.46. The number of carbonyl (C=O) groups excluding carboxylic acids is 2. The van der Waals surface area contributed by atoms with Crippen molar-refractivity contribution >= 4 is 27.7 Å². The highest BCUT2D eigenvalue weighted by Crippen LogP contribution is 2.36. The molecule has 0 saturated carbocycles. The topological polar surface area (TPSA) is 207 Å². The summed E-state index contributed by atoms with van der Waals surface area (Å²) in [5.74, 6) is 7.11. The number of rotatable bonds is 4. The number of hydrogen-bond acceptors (Lipinski definition) is 10. The van der Waals surface area contributed by atoms with Gasteiger partial charge in [-0.1, -0.05) is 17.8 Å². The van der Waals surface area contributed by atoms with Crippen molar-refractivity contribution in [3.05, 3.63) is 129 Å². The molecule has 312 valence electrons. The van der Waals surface area contributed by atoms with E-state index in [1.807, 2.05) is 26.0 Å². The van der Waals surface area contributed by atoms with E-state index < -0.39 is 34.7 Å². The van der Waals surface area contributed by atoms with E-state index in [1.165, 1.54) is 25.1 Å². The van der Waals surface area contributed by atoms with E-state index in [1.54, 1.807) is 59.0 Å². The number of aryl methyl sites for hydroxylation is 2. The molecule has 8 rings (SSSR count). The predicted octanol–water partition coefficient (Wildman–Crippen LogP) is 5.32. The van der Waals surface area contributed by atoms with Gasteiger partial charge in [0.2, 0.25) is 0 Å². The largest absolute Gasteiger partial charge is 0.491 e. The van der Waals surface area contributed by atoms with Gasteiger partial charge >= 0.3 is 0 Å². The molecule has 0 radical (unpaired) electrons. The van der Waals surface area contributed by atoms with Crippen LogP contribution < -0.4 is 20.9 Å². The van der Waals surface area contributed by atoms with Crippen molar-refractivity contribution < 1.29 is 38.1 Å². The van der Waals surface area contributed by atoms with Crippen LogP contribution in [0.5, 0.6) is 11.5 Å². The number of nitrogens with zero attached hydrogens (tertiary/aromatic N) is 6. The van der Waals surface area contributed by atoms with Crippen LogP contribution in [0.2, 0.25) is 0 Å². The van der Waals surface area contributed by atoms with Crippen molar-refractivity contribution in [1.82, 2.24) is 29.1 Å². The minimum atomic E-state index is -1.57. The van der Waals surface area contributed by atoms with E-state index in [4.69, 9.17) is 27.4 Å². The maximum atomic E-state index is 14.7. The summed E-state index contributed by atoms with van der Waals surface area (Å²) in [4.78, 5) is 39.3. The van der Waals surface area contributed by atoms with E-state index in [0.717, 1.165) is 11.1 Å². The first kappa shape index (κ1) is 43.7. The highest BCUT2D eigenvalue weighted by atomic mass is 79.9. The summed E-state index contributed by atoms with van der Waals surface area (Å²) in [6, 6.07) is 12.8. The van der Waals surface area contributed by atoms with Gasteiger partial charge in [0, 0.05) is 36.9 Å². The number of benzene rings is 2. The summed E-state index contributed by atoms with van der Waals surface area (Å²) >= 11 is 3.13. The third-order valence-corrected chi connectivity index (χ3v) is 9.97. The first-order chi connectivity index (χ1) is 28.9. The van der Waals surface area contributed by atoms with Gasteiger partial charge in [0.1, 0.15) is 59.4 Å². The molecule has 0 aliphatic carbocycles. The number of aromatic nitrogens is 6. The zero-order valence-corrected chi connectivity index (χ0v) is 34.9. The summed E-state index contributed by atoms with van der Waals surface area (Å²) in [5.41, 5.74) is 12.0. The number of terminal acetylenes is 1. The number of imidazole rings is 2. The molecule has 6 aromatic rings. The average molecular weight is 894 g/mol. The number of primary amides is 2. The van der Waals surface area contributed by atoms with E-state index in [-0.39, 0.29) is 23.6 Å². The third-order valence-electron chi connectivity index (χ3n) is 9.36. The number of ether oxygens (including phenoxy) is 2. The van der Waals surface area contributed by atoms with Gasteiger partial charge in [-0.2, -0.15) is 0 Å². The van der Waals surface area contributed by atoms with Crippen molar-refractivity contribution in [3.63, 3.8) is 0 Å². The van der Waals surface area contributed by atoms with Crippen LogP contribution in [0, 0.1) is 49.7 Å². The van der Waals surface area contributed by atoms with E-state index >= 15 is 0 Å². The molecule has 14 nitrogen and oxygen atoms in total. The van der Waals surface area contributed by atoms with Crippen LogP contribution in [0.4, 0.5) is 8.78 Å². The number of amides is 2. The fraction of sp³-hybridized carbons (Fsp3) is 0.227. The lowest BCUT2D eigenvalue weighted by molar-refractivity contribution is 0.0987. The molecule has 0 bridgehead atoms. The normalized spacial score (nSPS) is 14.0. The molecule has 0 fully saturated rings. The van der Waals surface area contributed by atoms with Crippen molar-refractivity contribution in [1.29, 1.82) is 0 Å². The molecule has 2 amide bonds. The first-order valence-electron chi connectivity index (χ1n) is 18.5. The Morgan fingerprint density at radius 2 is 1.26 bits per heavy atom. The number of aliphatic hydroxyl groups is 2. The van der Waals surface area contributed by atoms with Crippen molar-refractivity contribution in [2.45, 2.75) is 52.0 Å². The van der Waals surface area contributed by atoms with E-state index in [9.17, 15) is 28.6 Å². The summed E-state index contributed by atoms with van der Waals surface area (Å²) < 4.78 is 43.1. The van der Waals surface area contributed by atoms with E-state index in [0.29, 0.717) is 69.8 Å². The SMILES string of the molecule is C#CC(C)(O)c1cc(C)ccn1.Cc1ccnc(C(C)(O)C#Cc2cc3c(cc2F)OCCn2cc(C(N)=O)nc2-3)c1.NC(=O)c1cn2c(n1)-c1cc(Br)c(F)cc1OCC2. The molecular formula is C44H39BrF2N8O6. The Morgan fingerprint density at radius 1 is 0.787 bits per heavy atom. The lowest BCUT2D eigenvalue weighted by atomic mass is 10.00. The Hall–Kier alpha value is -6.92. The highest BCUT2D eigenvalue weighted by Gasteiger charge is 2.25. The Kier molecular flexibility index (Phi) is 12.7. The minimum absolute atomic E-state index is 0.0577. The Balaban J connectivity index is 0.000000171. The van der Waals surface area contributed by atoms with Gasteiger partial charge in [0.15, 0.2) is 11.2 Å². The molecule has 2 aliphatic heterocycles. The zero-order valence-electron chi connectivity index (χ0n) is 33.3. The highest BCUT2D eigenvalue weighted by molar-refractivity contribution is 9.10. The molecule has 0 spiro atoms. The molecule has 17 heteroatoms. The van der Waals surface area contributed by atoms with Crippen molar-refractivity contribution in [2.75, 3.05) is 13.2 Å². The molecule has 61 heavy (non-hydrogen) atoms. The van der Waals surface area contributed by atoms with Gasteiger partial charge in [-0.3, -0.25) is 19.6 Å². The van der Waals surface area contributed by atoms with Crippen LogP contribution in [0.3, 0.4) is 0 Å². The molecule has 2 atom stereocenters. The number of fused-ring (bicyclic) bond motifs is 6. The lowest BCUT2D eigenvalue weighted by Gasteiger charge is -2.16. The second-order valence-electron chi connectivity index (χ2n) is 14.3. The molecule has 0 saturated heterocycles. The van der Waals surface area contributed by atoms with E-state index in [2.05, 4.69) is 53.6 Å². The fourth-order valence-corrected chi connectivity index (χ4v) is 6.39. The number of pyridine rings is 2. The van der Waals surface area contributed by atoms with Crippen LogP contribution in [0.25, 0.3) is 22.8 Å². The van der Waals surface area contributed by atoms with Crippen molar-refractivity contribution in [2.24, 2.45) is 11.5 Å². The monoisotopic (exact) mass is 892 g/mol. The molecule has 2 aliphatic rings. The van der Waals surface area contributed by atoms with Crippen LogP contribution >= 0.6 is 15.9 Å². The van der Waals surface area contributed by atoms with Crippen LogP contribution in [0.15, 0.2) is 77.8 Å². The Labute approximate surface area is 357 Å². The quantitative estimate of drug-likeness (QED) is 0.168. The molecule has 4 aromatic heterocycles. The van der Waals surface area contributed by atoms with Crippen LogP contribution in [-0.2, 0) is 24.3 Å². The Bertz CT molecular complexity index is 2780. The zero-order chi connectivity index (χ0) is 44.2. The summed E-state index contributed by atoms with van der Waals surface area (Å²) in [7, 11) is 0. The fourth-order valence-electron chi connectivity index (χ4n) is 6.05. The van der Waals surface area contributed by atoms with Gasteiger partial charge in [-0.15, -0.1) is 6.42 Å². The smallest absolute Gasteiger partial charge is 0.268 e. The molecule has 6 heterocycles. The van der Waals surface area contributed by atoms with Gasteiger partial charge < -0.3 is 40.3 Å². The molecule has 2 unspecified atom stereocenters. The third kappa shape index (κ3) is 9.93. The average Bonchev–Trinajstić information content (AvgIpc) is 3.76. The van der Waals surface area contributed by atoms with Crippen LogP contribution in [-0.4, -0.2) is 64.3 Å². The second-order valence-corrected chi connectivity index (χ2v) is 15.1. The maximum Gasteiger partial charge on any atom is 0.268 e. The minimum Gasteiger partial charge on any atom is -0.491 e. The van der Waals surface area contributed by atoms with Crippen LogP contribution in [0.1, 0.15) is 62.9 Å². The van der Waals surface area contributed by atoms with Gasteiger partial charge in [-0.05, 0) is 91.1 Å². The van der Waals surface area contributed by atoms with Gasteiger partial charge in [0.05, 0.1) is 45.6 Å². The van der Waals surface area contributed by atoms with Gasteiger partial charge in [-0.25, -0.2) is 18.7 Å². The molecular weight excluding hydrogens is 854 g/mol. The predicted molar refractivity (Wildman–Crippen MR) is 224 cm³/mol. The maximum absolute atomic E-state index is 14.7. The molecule has 2 aromatic carbocycles. The standard InChI is InChI=1S/C22H19FN4O3.C12H9BrFN3O2.C10H11NO/c1-13-4-6-25-19(9-13)22(2,29)5-3-14-10-15-18(11-16(14)23)30-8-7-27-12-17(20(24)28)26-21(15)27;13-7-3-6-10(4-8(7)14)19-2-1-17-5-9(11(15)18)16-12(6)17;1-4-10(3,12)9-7-8(2)5-6-11-9/h4,6,9-12,29H,7-8H2,1-2H3,(H2,24,28);3-5H,1-2H2,(H2,15,18);1,5-7,12H,2-3H3. The van der Waals surface area contributed by atoms with Gasteiger partial charge in [0.25, 0.3) is 11.8 Å². The second kappa shape index (κ2) is 17.7.